The van der Waals surface area contributed by atoms with Crippen LogP contribution in [0.4, 0.5) is 0 Å². The van der Waals surface area contributed by atoms with Crippen molar-refractivity contribution in [3.05, 3.63) is 94.3 Å². The summed E-state index contributed by atoms with van der Waals surface area (Å²) < 4.78 is 6.77. The first-order chi connectivity index (χ1) is 16.1. The van der Waals surface area contributed by atoms with Gasteiger partial charge in [-0.3, -0.25) is 14.2 Å². The molecule has 6 nitrogen and oxygen atoms in total. The zero-order valence-corrected chi connectivity index (χ0v) is 19.4. The molecule has 4 rings (SSSR count). The van der Waals surface area contributed by atoms with Crippen molar-refractivity contribution in [2.24, 2.45) is 0 Å². The average Bonchev–Trinajstić information content (AvgIpc) is 2.84. The van der Waals surface area contributed by atoms with E-state index in [1.807, 2.05) is 73.7 Å². The zero-order valence-electron chi connectivity index (χ0n) is 18.6. The van der Waals surface area contributed by atoms with Gasteiger partial charge in [0.15, 0.2) is 5.16 Å². The van der Waals surface area contributed by atoms with Gasteiger partial charge in [0.05, 0.1) is 29.5 Å². The second-order valence-corrected chi connectivity index (χ2v) is 8.52. The van der Waals surface area contributed by atoms with Crippen LogP contribution in [0.15, 0.2) is 82.7 Å². The average molecular weight is 460 g/mol. The topological polar surface area (TPSA) is 73.2 Å². The van der Waals surface area contributed by atoms with Crippen LogP contribution in [0, 0.1) is 6.92 Å². The number of nitrogens with one attached hydrogen (secondary N) is 1. The molecular formula is C26H25N3O3S. The number of thioether (sulfide) groups is 1. The van der Waals surface area contributed by atoms with Crippen molar-refractivity contribution in [3.8, 4) is 11.4 Å². The van der Waals surface area contributed by atoms with Gasteiger partial charge in [-0.1, -0.05) is 54.2 Å². The molecule has 0 spiro atoms. The van der Waals surface area contributed by atoms with Crippen molar-refractivity contribution >= 4 is 28.6 Å². The van der Waals surface area contributed by atoms with Crippen LogP contribution >= 0.6 is 11.8 Å². The Labute approximate surface area is 196 Å². The molecule has 3 aromatic carbocycles. The number of fused-ring (bicyclic) bond motifs is 1. The van der Waals surface area contributed by atoms with E-state index in [4.69, 9.17) is 9.72 Å². The summed E-state index contributed by atoms with van der Waals surface area (Å²) in [4.78, 5) is 30.5. The minimum Gasteiger partial charge on any atom is -0.497 e. The summed E-state index contributed by atoms with van der Waals surface area (Å²) in [6.45, 7) is 2.48. The van der Waals surface area contributed by atoms with Crippen molar-refractivity contribution in [2.75, 3.05) is 19.4 Å². The molecule has 1 heterocycles. The maximum atomic E-state index is 13.3. The third-order valence-corrected chi connectivity index (χ3v) is 6.27. The molecule has 168 valence electrons. The van der Waals surface area contributed by atoms with Gasteiger partial charge in [-0.15, -0.1) is 0 Å². The largest absolute Gasteiger partial charge is 0.497 e. The Morgan fingerprint density at radius 1 is 1.03 bits per heavy atom. The number of aromatic nitrogens is 2. The number of ether oxygens (including phenoxy) is 1. The van der Waals surface area contributed by atoms with E-state index in [2.05, 4.69) is 5.32 Å². The number of benzene rings is 3. The van der Waals surface area contributed by atoms with Crippen molar-refractivity contribution in [2.45, 2.75) is 18.5 Å². The zero-order chi connectivity index (χ0) is 23.2. The van der Waals surface area contributed by atoms with Crippen molar-refractivity contribution in [1.82, 2.24) is 14.9 Å². The number of hydrogen-bond donors (Lipinski definition) is 1. The third-order valence-electron chi connectivity index (χ3n) is 5.33. The minimum atomic E-state index is -0.141. The molecule has 0 atom stereocenters. The number of aryl methyl sites for hydroxylation is 1. The lowest BCUT2D eigenvalue weighted by molar-refractivity contribution is -0.118. The number of hydrogen-bond acceptors (Lipinski definition) is 5. The van der Waals surface area contributed by atoms with E-state index in [0.29, 0.717) is 22.6 Å². The maximum Gasteiger partial charge on any atom is 0.266 e. The quantitative estimate of drug-likeness (QED) is 0.317. The molecule has 0 aliphatic rings. The van der Waals surface area contributed by atoms with Crippen LogP contribution in [0.25, 0.3) is 16.6 Å². The van der Waals surface area contributed by atoms with Gasteiger partial charge in [-0.2, -0.15) is 0 Å². The monoisotopic (exact) mass is 459 g/mol. The SMILES string of the molecule is COc1ccc(CCNC(=O)CSc2nc3ccccc3c(=O)n2-c2ccccc2C)cc1. The number of nitrogens with zero attached hydrogens (tertiary/aromatic N) is 2. The van der Waals surface area contributed by atoms with Gasteiger partial charge < -0.3 is 10.1 Å². The number of carbonyl (C=O) groups is 1. The lowest BCUT2D eigenvalue weighted by Gasteiger charge is -2.15. The molecular weight excluding hydrogens is 434 g/mol. The van der Waals surface area contributed by atoms with E-state index in [-0.39, 0.29) is 17.2 Å². The predicted molar refractivity (Wildman–Crippen MR) is 133 cm³/mol. The summed E-state index contributed by atoms with van der Waals surface area (Å²) >= 11 is 1.26. The Balaban J connectivity index is 1.49. The van der Waals surface area contributed by atoms with Gasteiger partial charge in [0.25, 0.3) is 5.56 Å². The Bertz CT molecular complexity index is 1330. The molecule has 0 fully saturated rings. The second kappa shape index (κ2) is 10.4. The van der Waals surface area contributed by atoms with E-state index in [1.54, 1.807) is 17.7 Å². The van der Waals surface area contributed by atoms with Gasteiger partial charge in [-0.05, 0) is 54.8 Å². The predicted octanol–water partition coefficient (Wildman–Crippen LogP) is 4.15. The van der Waals surface area contributed by atoms with Gasteiger partial charge >= 0.3 is 0 Å². The van der Waals surface area contributed by atoms with Crippen LogP contribution in [0.1, 0.15) is 11.1 Å². The molecule has 0 saturated heterocycles. The highest BCUT2D eigenvalue weighted by Gasteiger charge is 2.15. The van der Waals surface area contributed by atoms with Crippen molar-refractivity contribution in [1.29, 1.82) is 0 Å². The van der Waals surface area contributed by atoms with Crippen LogP contribution < -0.4 is 15.6 Å². The Hall–Kier alpha value is -3.58. The van der Waals surface area contributed by atoms with Crippen LogP contribution in [0.5, 0.6) is 5.75 Å². The molecule has 0 bridgehead atoms. The van der Waals surface area contributed by atoms with Crippen molar-refractivity contribution in [3.63, 3.8) is 0 Å². The normalized spacial score (nSPS) is 10.8. The fourth-order valence-corrected chi connectivity index (χ4v) is 4.39. The van der Waals surface area contributed by atoms with Crippen LogP contribution in [0.3, 0.4) is 0 Å². The summed E-state index contributed by atoms with van der Waals surface area (Å²) in [5, 5.41) is 3.99. The summed E-state index contributed by atoms with van der Waals surface area (Å²) in [6, 6.07) is 22.7. The lowest BCUT2D eigenvalue weighted by atomic mass is 10.1. The molecule has 4 aromatic rings. The number of amides is 1. The van der Waals surface area contributed by atoms with E-state index < -0.39 is 0 Å². The standard InChI is InChI=1S/C26H25N3O3S/c1-18-7-3-6-10-23(18)29-25(31)21-8-4-5-9-22(21)28-26(29)33-17-24(30)27-16-15-19-11-13-20(32-2)14-12-19/h3-14H,15-17H2,1-2H3,(H,27,30). The fourth-order valence-electron chi connectivity index (χ4n) is 3.56. The second-order valence-electron chi connectivity index (χ2n) is 7.58. The Morgan fingerprint density at radius 3 is 2.52 bits per heavy atom. The highest BCUT2D eigenvalue weighted by molar-refractivity contribution is 7.99. The van der Waals surface area contributed by atoms with E-state index in [1.165, 1.54) is 11.8 Å². The molecule has 33 heavy (non-hydrogen) atoms. The lowest BCUT2D eigenvalue weighted by Crippen LogP contribution is -2.28. The Kier molecular flexibility index (Phi) is 7.10. The van der Waals surface area contributed by atoms with Crippen LogP contribution in [-0.2, 0) is 11.2 Å². The van der Waals surface area contributed by atoms with Gasteiger partial charge in [-0.25, -0.2) is 4.98 Å². The molecule has 1 N–H and O–H groups in total. The Morgan fingerprint density at radius 2 is 1.76 bits per heavy atom. The van der Waals surface area contributed by atoms with Gasteiger partial charge in [0.2, 0.25) is 5.91 Å². The molecule has 0 radical (unpaired) electrons. The number of para-hydroxylation sites is 2. The first kappa shape index (κ1) is 22.6. The van der Waals surface area contributed by atoms with Gasteiger partial charge in [0.1, 0.15) is 5.75 Å². The highest BCUT2D eigenvalue weighted by atomic mass is 32.2. The van der Waals surface area contributed by atoms with Crippen LogP contribution in [0.2, 0.25) is 0 Å². The fraction of sp³-hybridized carbons (Fsp3) is 0.192. The van der Waals surface area contributed by atoms with Crippen molar-refractivity contribution < 1.29 is 9.53 Å². The highest BCUT2D eigenvalue weighted by Crippen LogP contribution is 2.23. The van der Waals surface area contributed by atoms with Crippen LogP contribution in [-0.4, -0.2) is 34.9 Å². The molecule has 0 unspecified atom stereocenters. The third kappa shape index (κ3) is 5.26. The molecule has 1 amide bonds. The first-order valence-electron chi connectivity index (χ1n) is 10.7. The van der Waals surface area contributed by atoms with Gasteiger partial charge in [0, 0.05) is 6.54 Å². The molecule has 0 aliphatic heterocycles. The maximum absolute atomic E-state index is 13.3. The number of carbonyl (C=O) groups excluding carboxylic acids is 1. The van der Waals surface area contributed by atoms with E-state index >= 15 is 0 Å². The van der Waals surface area contributed by atoms with E-state index in [0.717, 1.165) is 29.0 Å². The summed E-state index contributed by atoms with van der Waals surface area (Å²) in [5.41, 5.74) is 3.33. The smallest absolute Gasteiger partial charge is 0.266 e. The molecule has 0 saturated carbocycles. The molecule has 7 heteroatoms. The molecule has 1 aromatic heterocycles. The summed E-state index contributed by atoms with van der Waals surface area (Å²) in [6.07, 6.45) is 0.725. The molecule has 0 aliphatic carbocycles. The van der Waals surface area contributed by atoms with E-state index in [9.17, 15) is 9.59 Å². The minimum absolute atomic E-state index is 0.104. The summed E-state index contributed by atoms with van der Waals surface area (Å²) in [7, 11) is 1.63. The summed E-state index contributed by atoms with van der Waals surface area (Å²) in [5.74, 6) is 0.869. The first-order valence-corrected chi connectivity index (χ1v) is 11.7. The number of rotatable bonds is 8. The number of methoxy groups -OCH3 is 1.